The van der Waals surface area contributed by atoms with Crippen molar-refractivity contribution in [3.8, 4) is 5.75 Å². The molecule has 2 N–H and O–H groups in total. The molecule has 1 aliphatic carbocycles. The normalized spacial score (nSPS) is 25.2. The topological polar surface area (TPSA) is 65.5 Å². The summed E-state index contributed by atoms with van der Waals surface area (Å²) < 4.78 is 0. The van der Waals surface area contributed by atoms with Gasteiger partial charge in [0.05, 0.1) is 11.2 Å². The highest BCUT2D eigenvalue weighted by Gasteiger charge is 2.48. The highest BCUT2D eigenvalue weighted by molar-refractivity contribution is 6.00. The van der Waals surface area contributed by atoms with E-state index in [9.17, 15) is 9.90 Å². The maximum Gasteiger partial charge on any atom is 0.225 e. The number of nitrogens with zero attached hydrogens (tertiary/aromatic N) is 2. The second-order valence-electron chi connectivity index (χ2n) is 9.28. The average molecular weight is 416 g/mol. The van der Waals surface area contributed by atoms with Crippen LogP contribution in [0.15, 0.2) is 54.7 Å². The minimum atomic E-state index is 0.0280. The van der Waals surface area contributed by atoms with Gasteiger partial charge in [-0.25, -0.2) is 0 Å². The van der Waals surface area contributed by atoms with Crippen molar-refractivity contribution in [2.45, 2.75) is 44.6 Å². The van der Waals surface area contributed by atoms with Crippen LogP contribution < -0.4 is 5.32 Å². The molecule has 1 fully saturated rings. The first kappa shape index (κ1) is 20.0. The molecule has 5 rings (SSSR count). The molecule has 5 nitrogen and oxygen atoms in total. The van der Waals surface area contributed by atoms with E-state index in [1.807, 2.05) is 36.4 Å². The number of hydrogen-bond acceptors (Lipinski definition) is 4. The molecule has 0 unspecified atom stereocenters. The largest absolute Gasteiger partial charge is 0.508 e. The number of carbonyl (C=O) groups is 1. The summed E-state index contributed by atoms with van der Waals surface area (Å²) in [5.74, 6) is 0.855. The number of hydrogen-bond donors (Lipinski definition) is 2. The van der Waals surface area contributed by atoms with Gasteiger partial charge in [0.25, 0.3) is 0 Å². The number of phenolic OH excluding ortho intramolecular Hbond substituents is 1. The molecule has 0 spiro atoms. The lowest BCUT2D eigenvalue weighted by Crippen LogP contribution is -2.58. The van der Waals surface area contributed by atoms with Gasteiger partial charge in [-0.15, -0.1) is 0 Å². The first-order valence-electron chi connectivity index (χ1n) is 11.2. The molecule has 2 aromatic carbocycles. The molecule has 2 heterocycles. The molecule has 3 aromatic rings. The molecular weight excluding hydrogens is 386 g/mol. The summed E-state index contributed by atoms with van der Waals surface area (Å²) in [6, 6.07) is 16.0. The number of benzene rings is 2. The van der Waals surface area contributed by atoms with Crippen molar-refractivity contribution in [2.24, 2.45) is 5.92 Å². The number of anilines is 1. The minimum Gasteiger partial charge on any atom is -0.508 e. The predicted molar refractivity (Wildman–Crippen MR) is 123 cm³/mol. The number of amides is 1. The molecule has 31 heavy (non-hydrogen) atoms. The van der Waals surface area contributed by atoms with Gasteiger partial charge in [0.15, 0.2) is 0 Å². The summed E-state index contributed by atoms with van der Waals surface area (Å²) in [5.41, 5.74) is 4.31. The van der Waals surface area contributed by atoms with E-state index in [-0.39, 0.29) is 11.3 Å². The Labute approximate surface area is 183 Å². The number of pyridine rings is 1. The highest BCUT2D eigenvalue weighted by atomic mass is 16.3. The van der Waals surface area contributed by atoms with E-state index in [1.165, 1.54) is 11.1 Å². The van der Waals surface area contributed by atoms with Crippen LogP contribution in [0.2, 0.25) is 0 Å². The Hall–Kier alpha value is -2.92. The number of rotatable bonds is 4. The summed E-state index contributed by atoms with van der Waals surface area (Å²) in [4.78, 5) is 19.7. The van der Waals surface area contributed by atoms with Gasteiger partial charge in [-0.05, 0) is 66.1 Å². The molecule has 5 heteroatoms. The van der Waals surface area contributed by atoms with Gasteiger partial charge in [0.2, 0.25) is 5.91 Å². The Bertz CT molecular complexity index is 1140. The van der Waals surface area contributed by atoms with E-state index in [0.717, 1.165) is 42.5 Å². The summed E-state index contributed by atoms with van der Waals surface area (Å²) >= 11 is 0. The second-order valence-corrected chi connectivity index (χ2v) is 9.28. The van der Waals surface area contributed by atoms with Gasteiger partial charge < -0.3 is 10.4 Å². The number of aromatic nitrogens is 1. The number of para-hydroxylation sites is 1. The van der Waals surface area contributed by atoms with Crippen LogP contribution >= 0.6 is 0 Å². The van der Waals surface area contributed by atoms with Crippen LogP contribution in [0, 0.1) is 5.92 Å². The van der Waals surface area contributed by atoms with E-state index in [1.54, 1.807) is 12.3 Å². The van der Waals surface area contributed by atoms with Crippen LogP contribution in [0.3, 0.4) is 0 Å². The fourth-order valence-electron chi connectivity index (χ4n) is 5.64. The molecule has 3 atom stereocenters. The maximum atomic E-state index is 12.8. The van der Waals surface area contributed by atoms with E-state index >= 15 is 0 Å². The van der Waals surface area contributed by atoms with E-state index < -0.39 is 0 Å². The zero-order valence-electron chi connectivity index (χ0n) is 18.1. The van der Waals surface area contributed by atoms with Crippen molar-refractivity contribution in [2.75, 3.05) is 18.4 Å². The lowest BCUT2D eigenvalue weighted by molar-refractivity contribution is -0.117. The Kier molecular flexibility index (Phi) is 4.94. The van der Waals surface area contributed by atoms with Gasteiger partial charge in [0, 0.05) is 30.6 Å². The zero-order chi connectivity index (χ0) is 21.6. The first-order chi connectivity index (χ1) is 15.0. The van der Waals surface area contributed by atoms with Crippen LogP contribution in [0.4, 0.5) is 5.69 Å². The second kappa shape index (κ2) is 7.65. The smallest absolute Gasteiger partial charge is 0.225 e. The molecule has 1 saturated heterocycles. The third-order valence-electron chi connectivity index (χ3n) is 7.64. The monoisotopic (exact) mass is 415 g/mol. The van der Waals surface area contributed by atoms with E-state index in [2.05, 4.69) is 35.1 Å². The average Bonchev–Trinajstić information content (AvgIpc) is 2.76. The quantitative estimate of drug-likeness (QED) is 0.659. The fraction of sp³-hybridized carbons (Fsp3) is 0.385. The van der Waals surface area contributed by atoms with E-state index in [0.29, 0.717) is 24.1 Å². The number of phenols is 1. The molecule has 0 radical (unpaired) electrons. The summed E-state index contributed by atoms with van der Waals surface area (Å²) in [6.07, 6.45) is 4.23. The number of nitrogens with one attached hydrogen (secondary N) is 1. The van der Waals surface area contributed by atoms with Gasteiger partial charge in [-0.2, -0.15) is 0 Å². The SMILES string of the molecule is C[C@H]1[C@H]2Cc3ccc(O)cc3[C@]1(C)CCN2CCC(=O)Nc1cccc2cccnc12. The Morgan fingerprint density at radius 2 is 2.10 bits per heavy atom. The van der Waals surface area contributed by atoms with Crippen LogP contribution in [0.25, 0.3) is 10.9 Å². The van der Waals surface area contributed by atoms with Crippen LogP contribution in [0.5, 0.6) is 5.75 Å². The Balaban J connectivity index is 1.28. The number of carbonyl (C=O) groups excluding carboxylic acids is 1. The maximum absolute atomic E-state index is 12.8. The third kappa shape index (κ3) is 3.47. The lowest BCUT2D eigenvalue weighted by Gasteiger charge is -2.54. The van der Waals surface area contributed by atoms with Crippen molar-refractivity contribution < 1.29 is 9.90 Å². The fourth-order valence-corrected chi connectivity index (χ4v) is 5.64. The Morgan fingerprint density at radius 3 is 2.97 bits per heavy atom. The minimum absolute atomic E-state index is 0.0280. The van der Waals surface area contributed by atoms with Crippen LogP contribution in [-0.4, -0.2) is 40.0 Å². The van der Waals surface area contributed by atoms with E-state index in [4.69, 9.17) is 0 Å². The molecular formula is C26H29N3O2. The molecule has 0 saturated carbocycles. The number of likely N-dealkylation sites (tertiary alicyclic amines) is 1. The van der Waals surface area contributed by atoms with Crippen molar-refractivity contribution in [3.63, 3.8) is 0 Å². The number of fused-ring (bicyclic) bond motifs is 5. The summed E-state index contributed by atoms with van der Waals surface area (Å²) in [7, 11) is 0. The lowest BCUT2D eigenvalue weighted by atomic mass is 9.59. The van der Waals surface area contributed by atoms with Gasteiger partial charge in [-0.1, -0.05) is 38.1 Å². The summed E-state index contributed by atoms with van der Waals surface area (Å²) in [5, 5.41) is 14.1. The number of piperidine rings is 1. The number of aromatic hydroxyl groups is 1. The third-order valence-corrected chi connectivity index (χ3v) is 7.64. The molecule has 2 bridgehead atoms. The molecule has 160 valence electrons. The highest BCUT2D eigenvalue weighted by Crippen LogP contribution is 2.49. The van der Waals surface area contributed by atoms with Crippen molar-refractivity contribution in [1.29, 1.82) is 0 Å². The standard InChI is InChI=1S/C26H29N3O2/c1-17-23-15-19-8-9-20(30)16-21(19)26(17,2)11-14-29(23)13-10-24(31)28-22-7-3-5-18-6-4-12-27-25(18)22/h3-9,12,16-17,23,30H,10-11,13-15H2,1-2H3,(H,28,31)/t17-,23+,26+/m0/s1. The van der Waals surface area contributed by atoms with Crippen molar-refractivity contribution in [1.82, 2.24) is 9.88 Å². The molecule has 1 aromatic heterocycles. The molecule has 1 aliphatic heterocycles. The molecule has 2 aliphatic rings. The van der Waals surface area contributed by atoms with Crippen molar-refractivity contribution >= 4 is 22.5 Å². The molecule has 1 amide bonds. The van der Waals surface area contributed by atoms with Gasteiger partial charge in [0.1, 0.15) is 5.75 Å². The van der Waals surface area contributed by atoms with Gasteiger partial charge in [-0.3, -0.25) is 14.7 Å². The summed E-state index contributed by atoms with van der Waals surface area (Å²) in [6.45, 7) is 6.39. The zero-order valence-corrected chi connectivity index (χ0v) is 18.1. The first-order valence-corrected chi connectivity index (χ1v) is 11.2. The predicted octanol–water partition coefficient (Wildman–Crippen LogP) is 4.49. The van der Waals surface area contributed by atoms with Gasteiger partial charge >= 0.3 is 0 Å². The van der Waals surface area contributed by atoms with Crippen molar-refractivity contribution in [3.05, 3.63) is 65.9 Å². The van der Waals surface area contributed by atoms with Crippen LogP contribution in [0.1, 0.15) is 37.8 Å². The Morgan fingerprint density at radius 1 is 1.26 bits per heavy atom. The van der Waals surface area contributed by atoms with Crippen LogP contribution in [-0.2, 0) is 16.6 Å².